The molecule has 2 aliphatic rings. The SMILES string of the molecule is CC1(C)c2ccccc2-c2ccc(N(c3ccc4c5ccccc5n(-c5ccccc5)c4c3)c3cc4c(c5c3oc3ccccc35)-c3ccccc3C4(c3ccccc3)c3ccccc3)cc21. The topological polar surface area (TPSA) is 21.3 Å². The molecular formula is C64H44N2O. The molecule has 0 radical (unpaired) electrons. The number of fused-ring (bicyclic) bond motifs is 13. The molecule has 0 amide bonds. The van der Waals surface area contributed by atoms with Crippen molar-refractivity contribution in [1.29, 1.82) is 0 Å². The first-order valence-electron chi connectivity index (χ1n) is 23.3. The van der Waals surface area contributed by atoms with Gasteiger partial charge in [-0.15, -0.1) is 0 Å². The van der Waals surface area contributed by atoms with Crippen molar-refractivity contribution >= 4 is 60.8 Å². The van der Waals surface area contributed by atoms with Gasteiger partial charge in [-0.1, -0.05) is 190 Å². The van der Waals surface area contributed by atoms with E-state index < -0.39 is 5.41 Å². The van der Waals surface area contributed by atoms with E-state index in [1.54, 1.807) is 0 Å². The van der Waals surface area contributed by atoms with E-state index in [1.165, 1.54) is 71.9 Å². The first-order chi connectivity index (χ1) is 33.0. The lowest BCUT2D eigenvalue weighted by Crippen LogP contribution is -2.28. The van der Waals surface area contributed by atoms with Gasteiger partial charge in [0.1, 0.15) is 5.58 Å². The van der Waals surface area contributed by atoms with E-state index in [4.69, 9.17) is 4.42 Å². The molecule has 316 valence electrons. The van der Waals surface area contributed by atoms with Crippen LogP contribution < -0.4 is 4.90 Å². The van der Waals surface area contributed by atoms with Crippen LogP contribution in [0.25, 0.3) is 71.7 Å². The van der Waals surface area contributed by atoms with Crippen molar-refractivity contribution in [3.63, 3.8) is 0 Å². The molecule has 0 saturated carbocycles. The maximum Gasteiger partial charge on any atom is 0.160 e. The highest BCUT2D eigenvalue weighted by Crippen LogP contribution is 2.61. The predicted molar refractivity (Wildman–Crippen MR) is 278 cm³/mol. The first kappa shape index (κ1) is 37.9. The van der Waals surface area contributed by atoms with Crippen LogP contribution in [0, 0.1) is 0 Å². The Labute approximate surface area is 389 Å². The second-order valence-electron chi connectivity index (χ2n) is 18.8. The highest BCUT2D eigenvalue weighted by Gasteiger charge is 2.48. The summed E-state index contributed by atoms with van der Waals surface area (Å²) in [7, 11) is 0. The van der Waals surface area contributed by atoms with E-state index in [9.17, 15) is 0 Å². The number of furan rings is 1. The monoisotopic (exact) mass is 856 g/mol. The van der Waals surface area contributed by atoms with E-state index >= 15 is 0 Å². The fourth-order valence-electron chi connectivity index (χ4n) is 12.2. The molecule has 2 heterocycles. The van der Waals surface area contributed by atoms with Crippen molar-refractivity contribution in [1.82, 2.24) is 4.57 Å². The second-order valence-corrected chi connectivity index (χ2v) is 18.8. The van der Waals surface area contributed by atoms with Gasteiger partial charge in [0.2, 0.25) is 0 Å². The van der Waals surface area contributed by atoms with Gasteiger partial charge in [-0.3, -0.25) is 0 Å². The van der Waals surface area contributed by atoms with Gasteiger partial charge in [-0.2, -0.15) is 0 Å². The Bertz CT molecular complexity index is 3910. The number of hydrogen-bond acceptors (Lipinski definition) is 2. The van der Waals surface area contributed by atoms with Crippen molar-refractivity contribution < 1.29 is 4.42 Å². The summed E-state index contributed by atoms with van der Waals surface area (Å²) in [4.78, 5) is 2.49. The summed E-state index contributed by atoms with van der Waals surface area (Å²) < 4.78 is 9.71. The fourth-order valence-corrected chi connectivity index (χ4v) is 12.2. The summed E-state index contributed by atoms with van der Waals surface area (Å²) in [5.74, 6) is 0. The normalized spacial score (nSPS) is 14.1. The number of nitrogens with zero attached hydrogens (tertiary/aromatic N) is 2. The largest absolute Gasteiger partial charge is 0.454 e. The fraction of sp³-hybridized carbons (Fsp3) is 0.0625. The molecule has 12 aromatic rings. The van der Waals surface area contributed by atoms with Crippen LogP contribution in [0.15, 0.2) is 235 Å². The van der Waals surface area contributed by atoms with Gasteiger partial charge >= 0.3 is 0 Å². The number of rotatable bonds is 6. The molecule has 0 atom stereocenters. The molecule has 14 rings (SSSR count). The summed E-state index contributed by atoms with van der Waals surface area (Å²) in [6.45, 7) is 4.74. The quantitative estimate of drug-likeness (QED) is 0.166. The Morgan fingerprint density at radius 2 is 0.985 bits per heavy atom. The van der Waals surface area contributed by atoms with Gasteiger partial charge in [0.25, 0.3) is 0 Å². The summed E-state index contributed by atoms with van der Waals surface area (Å²) in [5, 5.41) is 4.66. The number of para-hydroxylation sites is 3. The van der Waals surface area contributed by atoms with Crippen molar-refractivity contribution in [2.75, 3.05) is 4.90 Å². The van der Waals surface area contributed by atoms with Gasteiger partial charge in [-0.05, 0) is 110 Å². The molecule has 0 spiro atoms. The third-order valence-corrected chi connectivity index (χ3v) is 15.0. The Morgan fingerprint density at radius 1 is 0.418 bits per heavy atom. The second kappa shape index (κ2) is 14.1. The van der Waals surface area contributed by atoms with E-state index in [2.05, 4.69) is 254 Å². The van der Waals surface area contributed by atoms with Crippen molar-refractivity contribution in [2.24, 2.45) is 0 Å². The van der Waals surface area contributed by atoms with E-state index in [0.29, 0.717) is 0 Å². The first-order valence-corrected chi connectivity index (χ1v) is 23.3. The maximum absolute atomic E-state index is 7.29. The van der Waals surface area contributed by atoms with Crippen molar-refractivity contribution in [2.45, 2.75) is 24.7 Å². The predicted octanol–water partition coefficient (Wildman–Crippen LogP) is 16.8. The molecule has 2 aliphatic carbocycles. The lowest BCUT2D eigenvalue weighted by molar-refractivity contribution is 0.660. The Morgan fingerprint density at radius 3 is 1.75 bits per heavy atom. The molecular weight excluding hydrogens is 813 g/mol. The van der Waals surface area contributed by atoms with Crippen LogP contribution in [0.5, 0.6) is 0 Å². The van der Waals surface area contributed by atoms with E-state index in [-0.39, 0.29) is 5.41 Å². The van der Waals surface area contributed by atoms with Gasteiger partial charge in [0.15, 0.2) is 5.58 Å². The number of benzene rings is 10. The Kier molecular flexibility index (Phi) is 7.95. The average Bonchev–Trinajstić information content (AvgIpc) is 4.09. The zero-order valence-corrected chi connectivity index (χ0v) is 37.2. The summed E-state index contributed by atoms with van der Waals surface area (Å²) in [5.41, 5.74) is 20.1. The minimum absolute atomic E-state index is 0.207. The zero-order chi connectivity index (χ0) is 44.4. The highest BCUT2D eigenvalue weighted by atomic mass is 16.3. The van der Waals surface area contributed by atoms with Gasteiger partial charge in [0.05, 0.1) is 22.1 Å². The van der Waals surface area contributed by atoms with Crippen LogP contribution in [-0.2, 0) is 10.8 Å². The minimum Gasteiger partial charge on any atom is -0.454 e. The molecule has 0 fully saturated rings. The summed E-state index contributed by atoms with van der Waals surface area (Å²) >= 11 is 0. The lowest BCUT2D eigenvalue weighted by Gasteiger charge is -2.35. The molecule has 0 saturated heterocycles. The highest BCUT2D eigenvalue weighted by molar-refractivity contribution is 6.20. The molecule has 0 aliphatic heterocycles. The zero-order valence-electron chi connectivity index (χ0n) is 37.2. The Balaban J connectivity index is 1.14. The van der Waals surface area contributed by atoms with Crippen LogP contribution >= 0.6 is 0 Å². The van der Waals surface area contributed by atoms with Crippen LogP contribution in [0.2, 0.25) is 0 Å². The molecule has 3 heteroatoms. The molecule has 10 aromatic carbocycles. The van der Waals surface area contributed by atoms with E-state index in [0.717, 1.165) is 50.2 Å². The number of aromatic nitrogens is 1. The maximum atomic E-state index is 7.29. The van der Waals surface area contributed by atoms with Gasteiger partial charge < -0.3 is 13.9 Å². The minimum atomic E-state index is -0.632. The van der Waals surface area contributed by atoms with Crippen LogP contribution in [0.1, 0.15) is 47.2 Å². The summed E-state index contributed by atoms with van der Waals surface area (Å²) in [6.07, 6.45) is 0. The number of hydrogen-bond donors (Lipinski definition) is 0. The van der Waals surface area contributed by atoms with E-state index in [1.807, 2.05) is 0 Å². The van der Waals surface area contributed by atoms with Crippen LogP contribution in [-0.4, -0.2) is 4.57 Å². The molecule has 0 N–H and O–H groups in total. The van der Waals surface area contributed by atoms with Crippen LogP contribution in [0.4, 0.5) is 17.1 Å². The smallest absolute Gasteiger partial charge is 0.160 e. The van der Waals surface area contributed by atoms with Crippen molar-refractivity contribution in [3.05, 3.63) is 264 Å². The molecule has 3 nitrogen and oxygen atoms in total. The van der Waals surface area contributed by atoms with Crippen LogP contribution in [0.3, 0.4) is 0 Å². The third kappa shape index (κ3) is 5.17. The average molecular weight is 857 g/mol. The molecule has 2 aromatic heterocycles. The molecule has 0 unspecified atom stereocenters. The van der Waals surface area contributed by atoms with Gasteiger partial charge in [0, 0.05) is 44.0 Å². The Hall–Kier alpha value is -8.40. The number of anilines is 3. The lowest BCUT2D eigenvalue weighted by atomic mass is 9.67. The van der Waals surface area contributed by atoms with Gasteiger partial charge in [-0.25, -0.2) is 0 Å². The summed E-state index contributed by atoms with van der Waals surface area (Å²) in [6, 6.07) is 85.0. The molecule has 67 heavy (non-hydrogen) atoms. The van der Waals surface area contributed by atoms with Crippen molar-refractivity contribution in [3.8, 4) is 27.9 Å². The molecule has 0 bridgehead atoms. The third-order valence-electron chi connectivity index (χ3n) is 15.0. The standard InChI is InChI=1S/C64H44N2O/c1-63(2)52-30-16-12-26-46(52)47-36-34-44(38-54(47)63)65(45-35-37-49-48-27-14-18-32-56(48)66(57(49)39-45)43-24-10-5-11-25-43)58-40-55-60(61-51-29-15-19-33-59(51)67-62(58)61)50-28-13-17-31-53(50)64(55,41-20-6-3-7-21-41)42-22-8-4-9-23-42/h3-40H,1-2H3.